The maximum Gasteiger partial charge on any atom is 0.407 e. The van der Waals surface area contributed by atoms with Gasteiger partial charge < -0.3 is 14.8 Å². The van der Waals surface area contributed by atoms with E-state index in [0.717, 1.165) is 0 Å². The lowest BCUT2D eigenvalue weighted by Gasteiger charge is -2.22. The van der Waals surface area contributed by atoms with Crippen LogP contribution in [-0.4, -0.2) is 35.6 Å². The van der Waals surface area contributed by atoms with Crippen LogP contribution in [0.4, 0.5) is 4.79 Å². The Bertz CT molecular complexity index is 250. The molecule has 94 valence electrons. The summed E-state index contributed by atoms with van der Waals surface area (Å²) in [6.07, 6.45) is -0.627. The van der Waals surface area contributed by atoms with E-state index in [2.05, 4.69) is 21.2 Å². The van der Waals surface area contributed by atoms with E-state index in [9.17, 15) is 9.59 Å². The SMILES string of the molecule is CC(NC(=O)OCCBr)C(=O)OC(C)(C)C. The van der Waals surface area contributed by atoms with Crippen molar-refractivity contribution in [1.82, 2.24) is 5.32 Å². The molecule has 5 nitrogen and oxygen atoms in total. The van der Waals surface area contributed by atoms with Gasteiger partial charge in [0.2, 0.25) is 0 Å². The van der Waals surface area contributed by atoms with Crippen LogP contribution in [-0.2, 0) is 14.3 Å². The first-order valence-electron chi connectivity index (χ1n) is 4.98. The molecule has 0 aromatic carbocycles. The highest BCUT2D eigenvalue weighted by molar-refractivity contribution is 9.09. The minimum atomic E-state index is -0.720. The van der Waals surface area contributed by atoms with Crippen LogP contribution < -0.4 is 5.32 Å². The van der Waals surface area contributed by atoms with Crippen molar-refractivity contribution in [2.45, 2.75) is 39.3 Å². The molecule has 0 saturated carbocycles. The fourth-order valence-corrected chi connectivity index (χ4v) is 0.961. The molecule has 0 aliphatic heterocycles. The van der Waals surface area contributed by atoms with Gasteiger partial charge in [-0.2, -0.15) is 0 Å². The van der Waals surface area contributed by atoms with Crippen molar-refractivity contribution in [2.75, 3.05) is 11.9 Å². The molecule has 6 heteroatoms. The smallest absolute Gasteiger partial charge is 0.407 e. The molecule has 0 rings (SSSR count). The number of hydrogen-bond acceptors (Lipinski definition) is 4. The number of esters is 1. The summed E-state index contributed by atoms with van der Waals surface area (Å²) in [6.45, 7) is 7.10. The number of ether oxygens (including phenoxy) is 2. The number of amides is 1. The van der Waals surface area contributed by atoms with Crippen LogP contribution in [0.15, 0.2) is 0 Å². The third kappa shape index (κ3) is 7.50. The largest absolute Gasteiger partial charge is 0.458 e. The topological polar surface area (TPSA) is 64.6 Å². The summed E-state index contributed by atoms with van der Waals surface area (Å²) in [5.41, 5.74) is -0.563. The molecule has 0 bridgehead atoms. The minimum Gasteiger partial charge on any atom is -0.458 e. The molecule has 1 amide bonds. The van der Waals surface area contributed by atoms with Crippen molar-refractivity contribution in [2.24, 2.45) is 0 Å². The van der Waals surface area contributed by atoms with Gasteiger partial charge in [0.05, 0.1) is 0 Å². The minimum absolute atomic E-state index is 0.257. The van der Waals surface area contributed by atoms with Gasteiger partial charge in [-0.25, -0.2) is 9.59 Å². The van der Waals surface area contributed by atoms with Crippen LogP contribution in [0.3, 0.4) is 0 Å². The third-order valence-corrected chi connectivity index (χ3v) is 1.73. The molecule has 0 fully saturated rings. The van der Waals surface area contributed by atoms with Crippen molar-refractivity contribution in [3.8, 4) is 0 Å². The molecular formula is C10H18BrNO4. The maximum atomic E-state index is 11.5. The van der Waals surface area contributed by atoms with E-state index < -0.39 is 23.7 Å². The highest BCUT2D eigenvalue weighted by atomic mass is 79.9. The first kappa shape index (κ1) is 15.2. The number of rotatable bonds is 4. The van der Waals surface area contributed by atoms with Crippen molar-refractivity contribution >= 4 is 28.0 Å². The van der Waals surface area contributed by atoms with E-state index in [1.165, 1.54) is 0 Å². The third-order valence-electron chi connectivity index (χ3n) is 1.40. The fraction of sp³-hybridized carbons (Fsp3) is 0.800. The predicted octanol–water partition coefficient (Wildman–Crippen LogP) is 1.84. The van der Waals surface area contributed by atoms with Crippen LogP contribution >= 0.6 is 15.9 Å². The second-order valence-electron chi connectivity index (χ2n) is 4.22. The molecule has 16 heavy (non-hydrogen) atoms. The van der Waals surface area contributed by atoms with Gasteiger partial charge in [0.25, 0.3) is 0 Å². The van der Waals surface area contributed by atoms with Crippen LogP contribution in [0.2, 0.25) is 0 Å². The summed E-state index contributed by atoms with van der Waals surface area (Å²) in [4.78, 5) is 22.6. The van der Waals surface area contributed by atoms with E-state index in [1.54, 1.807) is 27.7 Å². The zero-order chi connectivity index (χ0) is 12.8. The highest BCUT2D eigenvalue weighted by Crippen LogP contribution is 2.08. The summed E-state index contributed by atoms with van der Waals surface area (Å²) in [7, 11) is 0. The highest BCUT2D eigenvalue weighted by Gasteiger charge is 2.23. The van der Waals surface area contributed by atoms with Gasteiger partial charge in [-0.15, -0.1) is 0 Å². The molecule has 0 radical (unpaired) electrons. The molecular weight excluding hydrogens is 278 g/mol. The number of alkyl carbamates (subject to hydrolysis) is 1. The second-order valence-corrected chi connectivity index (χ2v) is 5.02. The van der Waals surface area contributed by atoms with E-state index >= 15 is 0 Å². The molecule has 1 atom stereocenters. The lowest BCUT2D eigenvalue weighted by atomic mass is 10.2. The number of hydrogen-bond donors (Lipinski definition) is 1. The molecule has 0 aromatic rings. The lowest BCUT2D eigenvalue weighted by molar-refractivity contribution is -0.156. The zero-order valence-corrected chi connectivity index (χ0v) is 11.6. The predicted molar refractivity (Wildman–Crippen MR) is 63.6 cm³/mol. The normalized spacial score (nSPS) is 12.8. The Morgan fingerprint density at radius 3 is 2.38 bits per heavy atom. The Morgan fingerprint density at radius 2 is 1.94 bits per heavy atom. The molecule has 1 unspecified atom stereocenters. The quantitative estimate of drug-likeness (QED) is 0.635. The average molecular weight is 296 g/mol. The van der Waals surface area contributed by atoms with Gasteiger partial charge in [-0.1, -0.05) is 15.9 Å². The average Bonchev–Trinajstić information content (AvgIpc) is 2.11. The van der Waals surface area contributed by atoms with Gasteiger partial charge in [0.1, 0.15) is 18.2 Å². The molecule has 0 aliphatic carbocycles. The molecule has 0 spiro atoms. The van der Waals surface area contributed by atoms with Crippen LogP contribution in [0, 0.1) is 0 Å². The number of carbonyl (C=O) groups excluding carboxylic acids is 2. The van der Waals surface area contributed by atoms with Crippen LogP contribution in [0.5, 0.6) is 0 Å². The first-order valence-corrected chi connectivity index (χ1v) is 6.10. The molecule has 1 N–H and O–H groups in total. The van der Waals surface area contributed by atoms with Crippen molar-refractivity contribution in [1.29, 1.82) is 0 Å². The van der Waals surface area contributed by atoms with Gasteiger partial charge in [0.15, 0.2) is 0 Å². The first-order chi connectivity index (χ1) is 7.26. The fourth-order valence-electron chi connectivity index (χ4n) is 0.799. The van der Waals surface area contributed by atoms with Crippen molar-refractivity contribution in [3.05, 3.63) is 0 Å². The summed E-state index contributed by atoms with van der Waals surface area (Å²) in [6, 6.07) is -0.720. The van der Waals surface area contributed by atoms with Gasteiger partial charge in [0, 0.05) is 5.33 Å². The maximum absolute atomic E-state index is 11.5. The molecule has 0 aromatic heterocycles. The number of halogens is 1. The van der Waals surface area contributed by atoms with Gasteiger partial charge >= 0.3 is 12.1 Å². The number of alkyl halides is 1. The Labute approximate surface area is 104 Å². The number of carbonyl (C=O) groups is 2. The van der Waals surface area contributed by atoms with Crippen molar-refractivity contribution in [3.63, 3.8) is 0 Å². The van der Waals surface area contributed by atoms with Crippen LogP contribution in [0.1, 0.15) is 27.7 Å². The summed E-state index contributed by atoms with van der Waals surface area (Å²) in [5.74, 6) is -0.483. The van der Waals surface area contributed by atoms with E-state index in [0.29, 0.717) is 5.33 Å². The Balaban J connectivity index is 4.01. The Morgan fingerprint density at radius 1 is 1.38 bits per heavy atom. The molecule has 0 saturated heterocycles. The molecule has 0 aliphatic rings. The van der Waals surface area contributed by atoms with E-state index in [4.69, 9.17) is 9.47 Å². The summed E-state index contributed by atoms with van der Waals surface area (Å²) in [5, 5.41) is 2.94. The van der Waals surface area contributed by atoms with Gasteiger partial charge in [-0.05, 0) is 27.7 Å². The van der Waals surface area contributed by atoms with E-state index in [1.807, 2.05) is 0 Å². The van der Waals surface area contributed by atoms with Crippen LogP contribution in [0.25, 0.3) is 0 Å². The Kier molecular flexibility index (Phi) is 6.40. The van der Waals surface area contributed by atoms with Gasteiger partial charge in [-0.3, -0.25) is 0 Å². The summed E-state index contributed by atoms with van der Waals surface area (Å²) < 4.78 is 9.82. The molecule has 0 heterocycles. The Hall–Kier alpha value is -0.780. The number of nitrogens with one attached hydrogen (secondary N) is 1. The van der Waals surface area contributed by atoms with Crippen molar-refractivity contribution < 1.29 is 19.1 Å². The van der Waals surface area contributed by atoms with E-state index in [-0.39, 0.29) is 6.61 Å². The summed E-state index contributed by atoms with van der Waals surface area (Å²) >= 11 is 3.12. The standard InChI is InChI=1S/C10H18BrNO4/c1-7(8(13)16-10(2,3)4)12-9(14)15-6-5-11/h7H,5-6H2,1-4H3,(H,12,14). The monoisotopic (exact) mass is 295 g/mol. The second kappa shape index (κ2) is 6.73. The lowest BCUT2D eigenvalue weighted by Crippen LogP contribution is -2.42. The zero-order valence-electron chi connectivity index (χ0n) is 10.0.